The Labute approximate surface area is 156 Å². The number of aromatic carboxylic acids is 1. The molecule has 0 atom stereocenters. The molecule has 1 amide bonds. The number of carbonyl (C=O) groups excluding carboxylic acids is 1. The van der Waals surface area contributed by atoms with Crippen LogP contribution in [0.3, 0.4) is 0 Å². The normalized spacial score (nSPS) is 15.0. The predicted molar refractivity (Wildman–Crippen MR) is 97.5 cm³/mol. The highest BCUT2D eigenvalue weighted by Gasteiger charge is 2.31. The van der Waals surface area contributed by atoms with Gasteiger partial charge < -0.3 is 14.8 Å². The topological polar surface area (TPSA) is 117 Å². The van der Waals surface area contributed by atoms with E-state index in [2.05, 4.69) is 5.32 Å². The summed E-state index contributed by atoms with van der Waals surface area (Å²) in [7, 11) is -3.70. The summed E-state index contributed by atoms with van der Waals surface area (Å²) in [5, 5.41) is 11.7. The Morgan fingerprint density at radius 2 is 1.81 bits per heavy atom. The molecule has 1 saturated heterocycles. The van der Waals surface area contributed by atoms with Gasteiger partial charge in [0.1, 0.15) is 10.7 Å². The molecule has 0 unspecified atom stereocenters. The predicted octanol–water partition coefficient (Wildman–Crippen LogP) is 2.63. The number of aryl methyl sites for hydroxylation is 2. The van der Waals surface area contributed by atoms with E-state index in [1.165, 1.54) is 29.4 Å². The Morgan fingerprint density at radius 3 is 2.44 bits per heavy atom. The van der Waals surface area contributed by atoms with Gasteiger partial charge in [-0.05, 0) is 44.4 Å². The van der Waals surface area contributed by atoms with Crippen molar-refractivity contribution < 1.29 is 27.5 Å². The standard InChI is InChI=1S/C18H20N2O6S/c1-11-5-6-13(18(22)23)9-14(11)19-17(21)15-10-16(12(2)26-15)27(24,25)20-7-3-4-8-20/h5-6,9-10H,3-4,7-8H2,1-2H3,(H,19,21)(H,22,23). The zero-order chi connectivity index (χ0) is 19.8. The van der Waals surface area contributed by atoms with Crippen LogP contribution in [0.2, 0.25) is 0 Å². The summed E-state index contributed by atoms with van der Waals surface area (Å²) < 4.78 is 32.1. The molecule has 2 heterocycles. The van der Waals surface area contributed by atoms with Crippen molar-refractivity contribution in [3.8, 4) is 0 Å². The van der Waals surface area contributed by atoms with Gasteiger partial charge in [0.05, 0.1) is 5.56 Å². The molecule has 1 aliphatic heterocycles. The summed E-state index contributed by atoms with van der Waals surface area (Å²) in [5.74, 6) is -1.77. The molecular formula is C18H20N2O6S. The van der Waals surface area contributed by atoms with Crippen LogP contribution in [0.4, 0.5) is 5.69 Å². The fourth-order valence-electron chi connectivity index (χ4n) is 2.97. The Hall–Kier alpha value is -2.65. The van der Waals surface area contributed by atoms with Crippen molar-refractivity contribution in [3.05, 3.63) is 46.9 Å². The Bertz CT molecular complexity index is 1000. The maximum absolute atomic E-state index is 12.7. The number of furan rings is 1. The van der Waals surface area contributed by atoms with Gasteiger partial charge in [0.15, 0.2) is 5.76 Å². The molecule has 9 heteroatoms. The average Bonchev–Trinajstić information content (AvgIpc) is 3.26. The van der Waals surface area contributed by atoms with Crippen molar-refractivity contribution >= 4 is 27.6 Å². The lowest BCUT2D eigenvalue weighted by Gasteiger charge is -2.14. The number of rotatable bonds is 5. The van der Waals surface area contributed by atoms with E-state index in [1.807, 2.05) is 0 Å². The van der Waals surface area contributed by atoms with Crippen molar-refractivity contribution in [2.24, 2.45) is 0 Å². The maximum atomic E-state index is 12.7. The van der Waals surface area contributed by atoms with Gasteiger partial charge >= 0.3 is 5.97 Å². The number of nitrogens with zero attached hydrogens (tertiary/aromatic N) is 1. The number of hydrogen-bond donors (Lipinski definition) is 2. The zero-order valence-electron chi connectivity index (χ0n) is 15.0. The number of anilines is 1. The lowest BCUT2D eigenvalue weighted by molar-refractivity contribution is 0.0696. The summed E-state index contributed by atoms with van der Waals surface area (Å²) in [6.07, 6.45) is 1.62. The molecular weight excluding hydrogens is 372 g/mol. The van der Waals surface area contributed by atoms with Crippen LogP contribution in [0.1, 0.15) is 45.1 Å². The van der Waals surface area contributed by atoms with Gasteiger partial charge in [0.25, 0.3) is 5.91 Å². The highest BCUT2D eigenvalue weighted by atomic mass is 32.2. The molecule has 27 heavy (non-hydrogen) atoms. The SMILES string of the molecule is Cc1ccc(C(=O)O)cc1NC(=O)c1cc(S(=O)(=O)N2CCCC2)c(C)o1. The zero-order valence-corrected chi connectivity index (χ0v) is 15.8. The van der Waals surface area contributed by atoms with Gasteiger partial charge in [-0.1, -0.05) is 6.07 Å². The van der Waals surface area contributed by atoms with Gasteiger partial charge in [-0.15, -0.1) is 0 Å². The molecule has 0 aliphatic carbocycles. The average molecular weight is 392 g/mol. The second-order valence-electron chi connectivity index (χ2n) is 6.43. The summed E-state index contributed by atoms with van der Waals surface area (Å²) in [5.41, 5.74) is 1.02. The molecule has 0 bridgehead atoms. The van der Waals surface area contributed by atoms with E-state index in [0.29, 0.717) is 24.3 Å². The Balaban J connectivity index is 1.87. The first kappa shape index (κ1) is 19.1. The van der Waals surface area contributed by atoms with Crippen molar-refractivity contribution in [2.45, 2.75) is 31.6 Å². The van der Waals surface area contributed by atoms with Gasteiger partial charge in [0.2, 0.25) is 10.0 Å². The summed E-state index contributed by atoms with van der Waals surface area (Å²) in [4.78, 5) is 23.6. The van der Waals surface area contributed by atoms with E-state index in [4.69, 9.17) is 9.52 Å². The van der Waals surface area contributed by atoms with E-state index in [9.17, 15) is 18.0 Å². The van der Waals surface area contributed by atoms with Gasteiger partial charge in [-0.2, -0.15) is 4.31 Å². The van der Waals surface area contributed by atoms with Crippen LogP contribution in [-0.4, -0.2) is 42.8 Å². The first-order chi connectivity index (χ1) is 12.7. The van der Waals surface area contributed by atoms with Crippen LogP contribution < -0.4 is 5.32 Å². The Morgan fingerprint density at radius 1 is 1.15 bits per heavy atom. The molecule has 8 nitrogen and oxygen atoms in total. The highest BCUT2D eigenvalue weighted by Crippen LogP contribution is 2.27. The summed E-state index contributed by atoms with van der Waals surface area (Å²) in [6.45, 7) is 4.12. The van der Waals surface area contributed by atoms with Crippen molar-refractivity contribution in [2.75, 3.05) is 18.4 Å². The van der Waals surface area contributed by atoms with Crippen molar-refractivity contribution in [1.82, 2.24) is 4.31 Å². The number of carboxylic acids is 1. The second-order valence-corrected chi connectivity index (χ2v) is 8.34. The fourth-order valence-corrected chi connectivity index (χ4v) is 4.65. The molecule has 3 rings (SSSR count). The van der Waals surface area contributed by atoms with Crippen molar-refractivity contribution in [3.63, 3.8) is 0 Å². The lowest BCUT2D eigenvalue weighted by atomic mass is 10.1. The molecule has 1 fully saturated rings. The summed E-state index contributed by atoms with van der Waals surface area (Å²) in [6, 6.07) is 5.57. The van der Waals surface area contributed by atoms with Crippen LogP contribution in [-0.2, 0) is 10.0 Å². The van der Waals surface area contributed by atoms with Crippen LogP contribution in [0.25, 0.3) is 0 Å². The number of nitrogens with one attached hydrogen (secondary N) is 1. The van der Waals surface area contributed by atoms with Gasteiger partial charge in [0, 0.05) is 24.8 Å². The third-order valence-corrected chi connectivity index (χ3v) is 6.52. The smallest absolute Gasteiger partial charge is 0.335 e. The number of carboxylic acid groups (broad SMARTS) is 1. The van der Waals surface area contributed by atoms with E-state index >= 15 is 0 Å². The van der Waals surface area contributed by atoms with E-state index in [0.717, 1.165) is 12.8 Å². The molecule has 0 spiro atoms. The third-order valence-electron chi connectivity index (χ3n) is 4.51. The minimum absolute atomic E-state index is 0.0226. The number of benzene rings is 1. The quantitative estimate of drug-likeness (QED) is 0.808. The fraction of sp³-hybridized carbons (Fsp3) is 0.333. The van der Waals surface area contributed by atoms with E-state index < -0.39 is 21.9 Å². The minimum Gasteiger partial charge on any atom is -0.478 e. The monoisotopic (exact) mass is 392 g/mol. The minimum atomic E-state index is -3.70. The molecule has 0 saturated carbocycles. The van der Waals surface area contributed by atoms with Crippen LogP contribution in [0, 0.1) is 13.8 Å². The highest BCUT2D eigenvalue weighted by molar-refractivity contribution is 7.89. The first-order valence-corrected chi connectivity index (χ1v) is 9.90. The number of hydrogen-bond acceptors (Lipinski definition) is 5. The molecule has 1 aromatic carbocycles. The van der Waals surface area contributed by atoms with Crippen LogP contribution >= 0.6 is 0 Å². The molecule has 2 N–H and O–H groups in total. The van der Waals surface area contributed by atoms with Gasteiger partial charge in [-0.3, -0.25) is 4.79 Å². The van der Waals surface area contributed by atoms with Crippen LogP contribution in [0.15, 0.2) is 33.6 Å². The first-order valence-electron chi connectivity index (χ1n) is 8.46. The molecule has 1 aliphatic rings. The molecule has 1 aromatic heterocycles. The lowest BCUT2D eigenvalue weighted by Crippen LogP contribution is -2.28. The number of sulfonamides is 1. The summed E-state index contributed by atoms with van der Waals surface area (Å²) >= 11 is 0. The largest absolute Gasteiger partial charge is 0.478 e. The third kappa shape index (κ3) is 3.74. The number of carbonyl (C=O) groups is 2. The number of amides is 1. The van der Waals surface area contributed by atoms with Crippen LogP contribution in [0.5, 0.6) is 0 Å². The second kappa shape index (κ2) is 7.16. The molecule has 2 aromatic rings. The van der Waals surface area contributed by atoms with E-state index in [-0.39, 0.29) is 22.0 Å². The molecule has 0 radical (unpaired) electrons. The molecule has 144 valence electrons. The van der Waals surface area contributed by atoms with Crippen molar-refractivity contribution in [1.29, 1.82) is 0 Å². The Kier molecular flexibility index (Phi) is 5.07. The van der Waals surface area contributed by atoms with Gasteiger partial charge in [-0.25, -0.2) is 13.2 Å². The maximum Gasteiger partial charge on any atom is 0.335 e. The van der Waals surface area contributed by atoms with E-state index in [1.54, 1.807) is 13.0 Å².